The van der Waals surface area contributed by atoms with Crippen molar-refractivity contribution in [3.05, 3.63) is 40.5 Å². The molecule has 0 spiro atoms. The Morgan fingerprint density at radius 1 is 1.24 bits per heavy atom. The number of hydrogen-bond acceptors (Lipinski definition) is 1. The Morgan fingerprint density at radius 2 is 2.00 bits per heavy atom. The maximum atomic E-state index is 13.7. The molecule has 17 heavy (non-hydrogen) atoms. The Morgan fingerprint density at radius 3 is 2.82 bits per heavy atom. The Bertz CT molecular complexity index is 549. The Kier molecular flexibility index (Phi) is 2.51. The van der Waals surface area contributed by atoms with Crippen molar-refractivity contribution < 1.29 is 8.78 Å². The second kappa shape index (κ2) is 3.91. The third-order valence-corrected chi connectivity index (χ3v) is 3.57. The van der Waals surface area contributed by atoms with Gasteiger partial charge in [0.1, 0.15) is 17.2 Å². The second-order valence-electron chi connectivity index (χ2n) is 4.28. The van der Waals surface area contributed by atoms with Crippen molar-refractivity contribution >= 4 is 22.6 Å². The van der Waals surface area contributed by atoms with E-state index in [1.807, 2.05) is 0 Å². The fourth-order valence-electron chi connectivity index (χ4n) is 2.48. The van der Waals surface area contributed by atoms with Gasteiger partial charge in [-0.1, -0.05) is 23.7 Å². The van der Waals surface area contributed by atoms with Gasteiger partial charge in [-0.15, -0.1) is 0 Å². The van der Waals surface area contributed by atoms with Crippen LogP contribution in [0.3, 0.4) is 0 Å². The zero-order valence-corrected chi connectivity index (χ0v) is 9.77. The van der Waals surface area contributed by atoms with E-state index < -0.39 is 12.0 Å². The maximum absolute atomic E-state index is 13.7. The fourth-order valence-corrected chi connectivity index (χ4v) is 2.74. The average molecular weight is 254 g/mol. The van der Waals surface area contributed by atoms with Crippen LogP contribution in [0, 0.1) is 0 Å². The van der Waals surface area contributed by atoms with Crippen LogP contribution in [-0.4, -0.2) is 17.9 Å². The summed E-state index contributed by atoms with van der Waals surface area (Å²) in [5.74, 6) is -0.472. The first-order valence-electron chi connectivity index (χ1n) is 5.53. The summed E-state index contributed by atoms with van der Waals surface area (Å²) in [5.41, 5.74) is 3.03. The van der Waals surface area contributed by atoms with Crippen LogP contribution in [0.25, 0.3) is 5.83 Å². The Balaban J connectivity index is 2.23. The van der Waals surface area contributed by atoms with Crippen molar-refractivity contribution in [2.75, 3.05) is 6.54 Å². The number of nitrogens with zero attached hydrogens (tertiary/aromatic N) is 1. The predicted octanol–water partition coefficient (Wildman–Crippen LogP) is 3.43. The van der Waals surface area contributed by atoms with Crippen LogP contribution < -0.4 is 0 Å². The molecule has 1 aliphatic carbocycles. The highest BCUT2D eigenvalue weighted by Gasteiger charge is 2.25. The van der Waals surface area contributed by atoms with Gasteiger partial charge in [0.25, 0.3) is 0 Å². The van der Waals surface area contributed by atoms with Crippen molar-refractivity contribution in [1.29, 1.82) is 0 Å². The lowest BCUT2D eigenvalue weighted by atomic mass is 9.86. The van der Waals surface area contributed by atoms with Gasteiger partial charge >= 0.3 is 0 Å². The van der Waals surface area contributed by atoms with Crippen molar-refractivity contribution in [3.63, 3.8) is 0 Å². The van der Waals surface area contributed by atoms with Gasteiger partial charge in [0.2, 0.25) is 0 Å². The highest BCUT2D eigenvalue weighted by molar-refractivity contribution is 6.69. The number of halogens is 3. The lowest BCUT2D eigenvalue weighted by Crippen LogP contribution is -2.17. The molecule has 0 N–H and O–H groups in total. The van der Waals surface area contributed by atoms with E-state index in [0.717, 1.165) is 22.8 Å². The molecule has 1 heterocycles. The molecule has 1 unspecified atom stereocenters. The van der Waals surface area contributed by atoms with Crippen LogP contribution in [0.2, 0.25) is 0 Å². The summed E-state index contributed by atoms with van der Waals surface area (Å²) >= 11 is 6.01. The summed E-state index contributed by atoms with van der Waals surface area (Å²) in [7, 11) is 0. The molecule has 1 nitrogen and oxygen atoms in total. The first-order chi connectivity index (χ1) is 8.16. The normalized spacial score (nSPS) is 22.4. The number of fused-ring (bicyclic) bond motifs is 3. The zero-order valence-electron chi connectivity index (χ0n) is 9.01. The Hall–Kier alpha value is -1.22. The topological polar surface area (TPSA) is 12.4 Å². The lowest BCUT2D eigenvalue weighted by molar-refractivity contribution is 0.391. The summed E-state index contributed by atoms with van der Waals surface area (Å²) in [6.07, 6.45) is 0.726. The number of alkyl halides is 1. The van der Waals surface area contributed by atoms with Gasteiger partial charge in [-0.05, 0) is 23.6 Å². The summed E-state index contributed by atoms with van der Waals surface area (Å²) in [6, 6.07) is 3.43. The average Bonchev–Trinajstić information content (AvgIpc) is 2.29. The quantitative estimate of drug-likeness (QED) is 0.672. The fraction of sp³-hybridized carbons (Fsp3) is 0.308. The van der Waals surface area contributed by atoms with Crippen molar-refractivity contribution in [1.82, 2.24) is 0 Å². The Labute approximate surface area is 103 Å². The van der Waals surface area contributed by atoms with Gasteiger partial charge < -0.3 is 0 Å². The molecular weight excluding hydrogens is 244 g/mol. The molecule has 3 rings (SSSR count). The van der Waals surface area contributed by atoms with E-state index in [1.54, 1.807) is 12.1 Å². The predicted molar refractivity (Wildman–Crippen MR) is 65.1 cm³/mol. The van der Waals surface area contributed by atoms with Crippen molar-refractivity contribution in [2.45, 2.75) is 19.0 Å². The molecule has 0 fully saturated rings. The minimum absolute atomic E-state index is 0.232. The second-order valence-corrected chi connectivity index (χ2v) is 4.63. The van der Waals surface area contributed by atoms with Crippen LogP contribution >= 0.6 is 11.6 Å². The SMILES string of the molecule is FC1=CC(F)Cc2c1ccc1c2CCN=C1Cl. The molecule has 88 valence electrons. The third kappa shape index (κ3) is 1.69. The molecule has 0 saturated carbocycles. The van der Waals surface area contributed by atoms with E-state index in [9.17, 15) is 8.78 Å². The zero-order chi connectivity index (χ0) is 12.0. The number of benzene rings is 1. The molecule has 2 aliphatic rings. The molecule has 1 aliphatic heterocycles. The van der Waals surface area contributed by atoms with Gasteiger partial charge in [0.05, 0.1) is 0 Å². The van der Waals surface area contributed by atoms with Gasteiger partial charge in [0.15, 0.2) is 0 Å². The smallest absolute Gasteiger partial charge is 0.131 e. The molecule has 0 saturated heterocycles. The van der Waals surface area contributed by atoms with Gasteiger partial charge in [-0.2, -0.15) is 0 Å². The first kappa shape index (κ1) is 10.9. The number of aliphatic imine (C=N–C) groups is 1. The van der Waals surface area contributed by atoms with Crippen molar-refractivity contribution in [2.24, 2.45) is 4.99 Å². The minimum atomic E-state index is -1.24. The minimum Gasteiger partial charge on any atom is -0.272 e. The third-order valence-electron chi connectivity index (χ3n) is 3.25. The van der Waals surface area contributed by atoms with Crippen LogP contribution in [-0.2, 0) is 12.8 Å². The molecule has 1 atom stereocenters. The van der Waals surface area contributed by atoms with Crippen LogP contribution in [0.1, 0.15) is 22.3 Å². The molecule has 1 aromatic rings. The van der Waals surface area contributed by atoms with Crippen LogP contribution in [0.4, 0.5) is 8.78 Å². The number of allylic oxidation sites excluding steroid dienone is 1. The van der Waals surface area contributed by atoms with E-state index >= 15 is 0 Å². The number of hydrogen-bond donors (Lipinski definition) is 0. The van der Waals surface area contributed by atoms with E-state index in [-0.39, 0.29) is 6.42 Å². The summed E-state index contributed by atoms with van der Waals surface area (Å²) in [6.45, 7) is 0.588. The van der Waals surface area contributed by atoms with Crippen molar-refractivity contribution in [3.8, 4) is 0 Å². The summed E-state index contributed by atoms with van der Waals surface area (Å²) < 4.78 is 27.1. The van der Waals surface area contributed by atoms with Crippen LogP contribution in [0.5, 0.6) is 0 Å². The molecule has 0 radical (unpaired) electrons. The van der Waals surface area contributed by atoms with Crippen LogP contribution in [0.15, 0.2) is 23.2 Å². The molecular formula is C13H10ClF2N. The molecule has 0 amide bonds. The maximum Gasteiger partial charge on any atom is 0.131 e. The lowest BCUT2D eigenvalue weighted by Gasteiger charge is -2.23. The van der Waals surface area contributed by atoms with E-state index in [0.29, 0.717) is 23.7 Å². The largest absolute Gasteiger partial charge is 0.272 e. The molecule has 1 aromatic carbocycles. The van der Waals surface area contributed by atoms with E-state index in [1.165, 1.54) is 0 Å². The molecule has 0 bridgehead atoms. The first-order valence-corrected chi connectivity index (χ1v) is 5.91. The van der Waals surface area contributed by atoms with E-state index in [4.69, 9.17) is 11.6 Å². The molecule has 0 aromatic heterocycles. The monoisotopic (exact) mass is 253 g/mol. The van der Waals surface area contributed by atoms with Gasteiger partial charge in [-0.3, -0.25) is 4.99 Å². The van der Waals surface area contributed by atoms with Gasteiger partial charge in [-0.25, -0.2) is 8.78 Å². The summed E-state index contributed by atoms with van der Waals surface area (Å²) in [5, 5.41) is 0.444. The van der Waals surface area contributed by atoms with E-state index in [2.05, 4.69) is 4.99 Å². The molecule has 4 heteroatoms. The highest BCUT2D eigenvalue weighted by atomic mass is 35.5. The summed E-state index contributed by atoms with van der Waals surface area (Å²) in [4.78, 5) is 4.14. The number of rotatable bonds is 0. The standard InChI is InChI=1S/C13H10ClF2N/c14-13-10-2-1-9-11(8(10)3-4-17-13)5-7(15)6-12(9)16/h1-2,6-7H,3-5H2. The highest BCUT2D eigenvalue weighted by Crippen LogP contribution is 2.34. The van der Waals surface area contributed by atoms with Gasteiger partial charge in [0, 0.05) is 24.1 Å².